The number of rotatable bonds is 9. The molecule has 1 aromatic rings. The summed E-state index contributed by atoms with van der Waals surface area (Å²) in [5.74, 6) is 0.805. The second-order valence-electron chi connectivity index (χ2n) is 6.03. The van der Waals surface area contributed by atoms with Gasteiger partial charge in [0.1, 0.15) is 0 Å². The molecule has 21 heavy (non-hydrogen) atoms. The monoisotopic (exact) mass is 311 g/mol. The second-order valence-corrected chi connectivity index (χ2v) is 8.31. The number of hydrogen-bond donors (Lipinski definition) is 1. The molecular weight excluding hydrogens is 282 g/mol. The van der Waals surface area contributed by atoms with Gasteiger partial charge in [-0.15, -0.1) is 0 Å². The van der Waals surface area contributed by atoms with Gasteiger partial charge in [0.25, 0.3) is 0 Å². The third kappa shape index (κ3) is 6.18. The van der Waals surface area contributed by atoms with Crippen molar-refractivity contribution >= 4 is 9.84 Å². The summed E-state index contributed by atoms with van der Waals surface area (Å²) in [7, 11) is -3.09. The highest BCUT2D eigenvalue weighted by atomic mass is 32.2. The minimum Gasteiger partial charge on any atom is -0.314 e. The van der Waals surface area contributed by atoms with E-state index in [0.717, 1.165) is 25.8 Å². The van der Waals surface area contributed by atoms with Gasteiger partial charge in [-0.25, -0.2) is 8.42 Å². The molecule has 0 aliphatic rings. The van der Waals surface area contributed by atoms with Crippen LogP contribution in [0.4, 0.5) is 0 Å². The minimum absolute atomic E-state index is 0.153. The van der Waals surface area contributed by atoms with Gasteiger partial charge < -0.3 is 5.32 Å². The Hall–Kier alpha value is -0.870. The number of hydrogen-bond acceptors (Lipinski definition) is 3. The van der Waals surface area contributed by atoms with Crippen LogP contribution in [0.2, 0.25) is 0 Å². The number of benzene rings is 1. The van der Waals surface area contributed by atoms with E-state index in [1.165, 1.54) is 5.56 Å². The van der Waals surface area contributed by atoms with Crippen molar-refractivity contribution in [2.24, 2.45) is 5.92 Å². The lowest BCUT2D eigenvalue weighted by Crippen LogP contribution is -2.33. The van der Waals surface area contributed by atoms with E-state index in [-0.39, 0.29) is 5.75 Å². The SMILES string of the molecule is CCCNC(Cc1ccc(S(=O)(=O)CC)cc1)CC(C)C. The molecule has 0 aliphatic heterocycles. The van der Waals surface area contributed by atoms with Crippen molar-refractivity contribution in [1.29, 1.82) is 0 Å². The molecule has 1 N–H and O–H groups in total. The Bertz CT molecular complexity index is 506. The predicted molar refractivity (Wildman–Crippen MR) is 89.4 cm³/mol. The van der Waals surface area contributed by atoms with Crippen molar-refractivity contribution in [1.82, 2.24) is 5.32 Å². The van der Waals surface area contributed by atoms with Crippen molar-refractivity contribution in [2.75, 3.05) is 12.3 Å². The first-order valence-electron chi connectivity index (χ1n) is 7.94. The van der Waals surface area contributed by atoms with Crippen LogP contribution in [0.5, 0.6) is 0 Å². The molecule has 1 unspecified atom stereocenters. The highest BCUT2D eigenvalue weighted by molar-refractivity contribution is 7.91. The molecule has 1 atom stereocenters. The molecule has 0 amide bonds. The molecule has 0 aromatic heterocycles. The van der Waals surface area contributed by atoms with E-state index in [0.29, 0.717) is 16.9 Å². The Morgan fingerprint density at radius 2 is 1.71 bits per heavy atom. The molecule has 4 heteroatoms. The van der Waals surface area contributed by atoms with Crippen molar-refractivity contribution in [3.8, 4) is 0 Å². The van der Waals surface area contributed by atoms with E-state index < -0.39 is 9.84 Å². The highest BCUT2D eigenvalue weighted by Crippen LogP contribution is 2.15. The molecule has 0 saturated heterocycles. The first-order chi connectivity index (χ1) is 9.89. The molecule has 120 valence electrons. The minimum atomic E-state index is -3.09. The fourth-order valence-electron chi connectivity index (χ4n) is 2.44. The topological polar surface area (TPSA) is 46.2 Å². The van der Waals surface area contributed by atoms with Gasteiger partial charge in [-0.2, -0.15) is 0 Å². The van der Waals surface area contributed by atoms with Gasteiger partial charge in [0.15, 0.2) is 9.84 Å². The summed E-state index contributed by atoms with van der Waals surface area (Å²) in [4.78, 5) is 0.427. The van der Waals surface area contributed by atoms with Crippen LogP contribution in [-0.2, 0) is 16.3 Å². The maximum absolute atomic E-state index is 11.8. The van der Waals surface area contributed by atoms with Crippen molar-refractivity contribution in [2.45, 2.75) is 57.9 Å². The summed E-state index contributed by atoms with van der Waals surface area (Å²) in [6.07, 6.45) is 3.21. The van der Waals surface area contributed by atoms with Gasteiger partial charge in [-0.05, 0) is 49.4 Å². The molecule has 0 heterocycles. The molecule has 1 aromatic carbocycles. The smallest absolute Gasteiger partial charge is 0.178 e. The zero-order valence-corrected chi connectivity index (χ0v) is 14.5. The van der Waals surface area contributed by atoms with Crippen LogP contribution < -0.4 is 5.32 Å². The lowest BCUT2D eigenvalue weighted by molar-refractivity contribution is 0.416. The molecule has 0 fully saturated rings. The quantitative estimate of drug-likeness (QED) is 0.760. The largest absolute Gasteiger partial charge is 0.314 e. The Labute approximate surface area is 130 Å². The molecule has 1 rings (SSSR count). The fraction of sp³-hybridized carbons (Fsp3) is 0.647. The van der Waals surface area contributed by atoms with Crippen molar-refractivity contribution in [3.63, 3.8) is 0 Å². The summed E-state index contributed by atoms with van der Waals surface area (Å²) in [5, 5.41) is 3.59. The number of sulfone groups is 1. The zero-order chi connectivity index (χ0) is 15.9. The summed E-state index contributed by atoms with van der Waals surface area (Å²) in [5.41, 5.74) is 1.19. The molecule has 0 radical (unpaired) electrons. The zero-order valence-electron chi connectivity index (χ0n) is 13.7. The first-order valence-corrected chi connectivity index (χ1v) is 9.59. The average molecular weight is 311 g/mol. The maximum atomic E-state index is 11.8. The van der Waals surface area contributed by atoms with Gasteiger partial charge in [-0.1, -0.05) is 39.8 Å². The van der Waals surface area contributed by atoms with Crippen LogP contribution in [0.3, 0.4) is 0 Å². The lowest BCUT2D eigenvalue weighted by atomic mass is 9.97. The van der Waals surface area contributed by atoms with Crippen molar-refractivity contribution < 1.29 is 8.42 Å². The van der Waals surface area contributed by atoms with Crippen LogP contribution in [0, 0.1) is 5.92 Å². The summed E-state index contributed by atoms with van der Waals surface area (Å²) in [6.45, 7) is 9.34. The van der Waals surface area contributed by atoms with Crippen LogP contribution in [0.25, 0.3) is 0 Å². The van der Waals surface area contributed by atoms with Gasteiger partial charge in [0.05, 0.1) is 10.6 Å². The van der Waals surface area contributed by atoms with Crippen LogP contribution in [0.1, 0.15) is 46.1 Å². The highest BCUT2D eigenvalue weighted by Gasteiger charge is 2.13. The Morgan fingerprint density at radius 1 is 1.10 bits per heavy atom. The predicted octanol–water partition coefficient (Wildman–Crippen LogP) is 3.44. The second kappa shape index (κ2) is 8.54. The van der Waals surface area contributed by atoms with Crippen LogP contribution in [0.15, 0.2) is 29.2 Å². The maximum Gasteiger partial charge on any atom is 0.178 e. The van der Waals surface area contributed by atoms with E-state index in [9.17, 15) is 8.42 Å². The van der Waals surface area contributed by atoms with E-state index in [1.54, 1.807) is 19.1 Å². The Morgan fingerprint density at radius 3 is 2.19 bits per heavy atom. The van der Waals surface area contributed by atoms with Gasteiger partial charge >= 0.3 is 0 Å². The van der Waals surface area contributed by atoms with Crippen LogP contribution in [-0.4, -0.2) is 26.8 Å². The molecular formula is C17H29NO2S. The average Bonchev–Trinajstić information content (AvgIpc) is 2.44. The molecule has 0 bridgehead atoms. The molecule has 3 nitrogen and oxygen atoms in total. The van der Waals surface area contributed by atoms with Gasteiger partial charge in [0.2, 0.25) is 0 Å². The van der Waals surface area contributed by atoms with Gasteiger partial charge in [-0.3, -0.25) is 0 Å². The standard InChI is InChI=1S/C17H29NO2S/c1-5-11-18-16(12-14(3)4)13-15-7-9-17(10-8-15)21(19,20)6-2/h7-10,14,16,18H,5-6,11-13H2,1-4H3. The molecule has 0 aliphatic carbocycles. The first kappa shape index (κ1) is 18.2. The third-order valence-electron chi connectivity index (χ3n) is 3.58. The summed E-state index contributed by atoms with van der Waals surface area (Å²) >= 11 is 0. The number of nitrogens with one attached hydrogen (secondary N) is 1. The fourth-order valence-corrected chi connectivity index (χ4v) is 3.32. The van der Waals surface area contributed by atoms with Gasteiger partial charge in [0, 0.05) is 6.04 Å². The Kier molecular flexibility index (Phi) is 7.40. The van der Waals surface area contributed by atoms with E-state index >= 15 is 0 Å². The van der Waals surface area contributed by atoms with E-state index in [4.69, 9.17) is 0 Å². The Balaban J connectivity index is 2.75. The summed E-state index contributed by atoms with van der Waals surface area (Å²) in [6, 6.07) is 7.83. The van der Waals surface area contributed by atoms with Crippen LogP contribution >= 0.6 is 0 Å². The lowest BCUT2D eigenvalue weighted by Gasteiger charge is -2.20. The third-order valence-corrected chi connectivity index (χ3v) is 5.33. The normalized spacial score (nSPS) is 13.6. The summed E-state index contributed by atoms with van der Waals surface area (Å²) < 4.78 is 23.6. The van der Waals surface area contributed by atoms with Crippen molar-refractivity contribution in [3.05, 3.63) is 29.8 Å². The molecule has 0 saturated carbocycles. The molecule has 0 spiro atoms. The van der Waals surface area contributed by atoms with E-state index in [2.05, 4.69) is 26.1 Å². The van der Waals surface area contributed by atoms with E-state index in [1.807, 2.05) is 12.1 Å².